The second-order valence-corrected chi connectivity index (χ2v) is 6.18. The molecule has 0 aliphatic carbocycles. The average Bonchev–Trinajstić information content (AvgIpc) is 2.99. The third kappa shape index (κ3) is 3.51. The van der Waals surface area contributed by atoms with E-state index in [0.29, 0.717) is 16.3 Å². The van der Waals surface area contributed by atoms with Gasteiger partial charge in [0.25, 0.3) is 5.91 Å². The van der Waals surface area contributed by atoms with Crippen LogP contribution in [-0.2, 0) is 4.74 Å². The van der Waals surface area contributed by atoms with Crippen LogP contribution in [0.2, 0.25) is 0 Å². The number of hydrogen-bond acceptors (Lipinski definition) is 4. The van der Waals surface area contributed by atoms with Crippen LogP contribution in [0.15, 0.2) is 40.9 Å². The van der Waals surface area contributed by atoms with Gasteiger partial charge in [0.2, 0.25) is 0 Å². The molecule has 2 rings (SSSR count). The molecule has 6 heteroatoms. The van der Waals surface area contributed by atoms with Crippen LogP contribution in [0.25, 0.3) is 0 Å². The van der Waals surface area contributed by atoms with Gasteiger partial charge in [0.15, 0.2) is 0 Å². The van der Waals surface area contributed by atoms with Gasteiger partial charge in [-0.05, 0) is 43.3 Å². The maximum atomic E-state index is 12.6. The first-order valence-corrected chi connectivity index (χ1v) is 7.93. The predicted molar refractivity (Wildman–Crippen MR) is 87.2 cm³/mol. The number of ether oxygens (including phenoxy) is 1. The molecule has 1 aromatic carbocycles. The number of thiophene rings is 1. The summed E-state index contributed by atoms with van der Waals surface area (Å²) >= 11 is 4.51. The van der Waals surface area contributed by atoms with Crippen LogP contribution in [0.5, 0.6) is 0 Å². The normalized spacial score (nSPS) is 10.2. The van der Waals surface area contributed by atoms with Crippen LogP contribution >= 0.6 is 27.3 Å². The van der Waals surface area contributed by atoms with E-state index in [1.54, 1.807) is 17.0 Å². The molecule has 0 saturated heterocycles. The zero-order valence-corrected chi connectivity index (χ0v) is 14.0. The number of hydrogen-bond donors (Lipinski definition) is 0. The van der Waals surface area contributed by atoms with Gasteiger partial charge in [0, 0.05) is 16.7 Å². The number of benzene rings is 1. The summed E-state index contributed by atoms with van der Waals surface area (Å²) in [6, 6.07) is 10.8. The lowest BCUT2D eigenvalue weighted by Crippen LogP contribution is -2.29. The van der Waals surface area contributed by atoms with Crippen LogP contribution in [0, 0.1) is 0 Å². The molecule has 0 bridgehead atoms. The van der Waals surface area contributed by atoms with Crippen LogP contribution < -0.4 is 4.90 Å². The maximum Gasteiger partial charge on any atom is 0.348 e. The molecule has 0 aliphatic heterocycles. The van der Waals surface area contributed by atoms with Gasteiger partial charge in [-0.3, -0.25) is 4.79 Å². The monoisotopic (exact) mass is 367 g/mol. The number of methoxy groups -OCH3 is 1. The van der Waals surface area contributed by atoms with E-state index in [1.807, 2.05) is 31.2 Å². The minimum absolute atomic E-state index is 0.125. The highest BCUT2D eigenvalue weighted by atomic mass is 79.9. The Kier molecular flexibility index (Phi) is 5.14. The summed E-state index contributed by atoms with van der Waals surface area (Å²) in [5, 5.41) is 0. The van der Waals surface area contributed by atoms with Crippen LogP contribution in [0.4, 0.5) is 5.69 Å². The Morgan fingerprint density at radius 3 is 2.33 bits per heavy atom. The average molecular weight is 368 g/mol. The van der Waals surface area contributed by atoms with Crippen molar-refractivity contribution in [2.45, 2.75) is 6.92 Å². The lowest BCUT2D eigenvalue weighted by Gasteiger charge is -2.20. The Balaban J connectivity index is 2.26. The predicted octanol–water partition coefficient (Wildman–Crippen LogP) is 3.96. The van der Waals surface area contributed by atoms with E-state index in [-0.39, 0.29) is 5.91 Å². The minimum Gasteiger partial charge on any atom is -0.465 e. The molecule has 1 heterocycles. The number of esters is 1. The van der Waals surface area contributed by atoms with E-state index >= 15 is 0 Å². The largest absolute Gasteiger partial charge is 0.465 e. The Hall–Kier alpha value is -1.66. The van der Waals surface area contributed by atoms with Gasteiger partial charge in [-0.25, -0.2) is 4.79 Å². The number of amides is 1. The lowest BCUT2D eigenvalue weighted by atomic mass is 10.2. The molecule has 0 aliphatic rings. The van der Waals surface area contributed by atoms with E-state index in [4.69, 9.17) is 0 Å². The highest BCUT2D eigenvalue weighted by molar-refractivity contribution is 9.10. The van der Waals surface area contributed by atoms with Crippen molar-refractivity contribution in [3.05, 3.63) is 50.6 Å². The molecule has 0 saturated carbocycles. The first-order valence-electron chi connectivity index (χ1n) is 6.32. The Morgan fingerprint density at radius 1 is 1.14 bits per heavy atom. The SMILES string of the molecule is CCN(C(=O)c1ccc(C(=O)OC)s1)c1ccc(Br)cc1. The molecule has 0 fully saturated rings. The van der Waals surface area contributed by atoms with Gasteiger partial charge in [-0.2, -0.15) is 0 Å². The first kappa shape index (κ1) is 15.7. The second kappa shape index (κ2) is 6.87. The summed E-state index contributed by atoms with van der Waals surface area (Å²) in [5.41, 5.74) is 0.818. The van der Waals surface area contributed by atoms with Crippen LogP contribution in [0.3, 0.4) is 0 Å². The molecular formula is C15H14BrNO3S. The Morgan fingerprint density at radius 2 is 1.76 bits per heavy atom. The van der Waals surface area contributed by atoms with Crippen LogP contribution in [-0.4, -0.2) is 25.5 Å². The molecule has 0 N–H and O–H groups in total. The molecule has 0 radical (unpaired) electrons. The van der Waals surface area contributed by atoms with Gasteiger partial charge in [0.05, 0.1) is 12.0 Å². The number of rotatable bonds is 4. The third-order valence-corrected chi connectivity index (χ3v) is 4.48. The number of nitrogens with zero attached hydrogens (tertiary/aromatic N) is 1. The molecular weight excluding hydrogens is 354 g/mol. The molecule has 0 unspecified atom stereocenters. The number of anilines is 1. The fraction of sp³-hybridized carbons (Fsp3) is 0.200. The van der Waals surface area contributed by atoms with Crippen molar-refractivity contribution < 1.29 is 14.3 Å². The summed E-state index contributed by atoms with van der Waals surface area (Å²) in [7, 11) is 1.32. The van der Waals surface area contributed by atoms with Crippen molar-refractivity contribution in [2.75, 3.05) is 18.6 Å². The quantitative estimate of drug-likeness (QED) is 0.768. The fourth-order valence-electron chi connectivity index (χ4n) is 1.86. The third-order valence-electron chi connectivity index (χ3n) is 2.90. The molecule has 4 nitrogen and oxygen atoms in total. The van der Waals surface area contributed by atoms with E-state index in [1.165, 1.54) is 7.11 Å². The van der Waals surface area contributed by atoms with Gasteiger partial charge in [-0.15, -0.1) is 11.3 Å². The zero-order chi connectivity index (χ0) is 15.4. The molecule has 2 aromatic rings. The molecule has 21 heavy (non-hydrogen) atoms. The van der Waals surface area contributed by atoms with Crippen molar-refractivity contribution in [1.82, 2.24) is 0 Å². The van der Waals surface area contributed by atoms with Crippen LogP contribution in [0.1, 0.15) is 26.3 Å². The molecule has 0 spiro atoms. The number of carbonyl (C=O) groups is 2. The van der Waals surface area contributed by atoms with E-state index < -0.39 is 5.97 Å². The van der Waals surface area contributed by atoms with E-state index in [0.717, 1.165) is 21.5 Å². The Labute approximate surface area is 135 Å². The van der Waals surface area contributed by atoms with E-state index in [9.17, 15) is 9.59 Å². The van der Waals surface area contributed by atoms with Gasteiger partial charge < -0.3 is 9.64 Å². The molecule has 110 valence electrons. The highest BCUT2D eigenvalue weighted by Crippen LogP contribution is 2.24. The number of halogens is 1. The van der Waals surface area contributed by atoms with Gasteiger partial charge >= 0.3 is 5.97 Å². The van der Waals surface area contributed by atoms with Crippen molar-refractivity contribution >= 4 is 44.8 Å². The fourth-order valence-corrected chi connectivity index (χ4v) is 3.00. The molecule has 1 amide bonds. The zero-order valence-electron chi connectivity index (χ0n) is 11.6. The van der Waals surface area contributed by atoms with Crippen molar-refractivity contribution in [2.24, 2.45) is 0 Å². The van der Waals surface area contributed by atoms with Gasteiger partial charge in [0.1, 0.15) is 4.88 Å². The van der Waals surface area contributed by atoms with Crippen molar-refractivity contribution in [3.8, 4) is 0 Å². The second-order valence-electron chi connectivity index (χ2n) is 4.18. The molecule has 0 atom stereocenters. The Bertz CT molecular complexity index is 651. The van der Waals surface area contributed by atoms with Crippen molar-refractivity contribution in [3.63, 3.8) is 0 Å². The van der Waals surface area contributed by atoms with Crippen molar-refractivity contribution in [1.29, 1.82) is 0 Å². The smallest absolute Gasteiger partial charge is 0.348 e. The number of carbonyl (C=O) groups excluding carboxylic acids is 2. The highest BCUT2D eigenvalue weighted by Gasteiger charge is 2.19. The molecule has 1 aromatic heterocycles. The summed E-state index contributed by atoms with van der Waals surface area (Å²) in [5.74, 6) is -0.550. The lowest BCUT2D eigenvalue weighted by molar-refractivity contribution is 0.0606. The summed E-state index contributed by atoms with van der Waals surface area (Å²) in [4.78, 5) is 26.6. The summed E-state index contributed by atoms with van der Waals surface area (Å²) in [6.07, 6.45) is 0. The van der Waals surface area contributed by atoms with E-state index in [2.05, 4.69) is 20.7 Å². The standard InChI is InChI=1S/C15H14BrNO3S/c1-3-17(11-6-4-10(16)5-7-11)14(18)12-8-9-13(21-12)15(19)20-2/h4-9H,3H2,1-2H3. The minimum atomic E-state index is -0.425. The first-order chi connectivity index (χ1) is 10.1. The summed E-state index contributed by atoms with van der Waals surface area (Å²) in [6.45, 7) is 2.46. The van der Waals surface area contributed by atoms with Gasteiger partial charge in [-0.1, -0.05) is 15.9 Å². The summed E-state index contributed by atoms with van der Waals surface area (Å²) < 4.78 is 5.61. The topological polar surface area (TPSA) is 46.6 Å². The maximum absolute atomic E-state index is 12.6.